The van der Waals surface area contributed by atoms with Gasteiger partial charge in [0.15, 0.2) is 5.82 Å². The third-order valence-corrected chi connectivity index (χ3v) is 8.02. The average molecular weight is 589 g/mol. The van der Waals surface area contributed by atoms with Gasteiger partial charge in [-0.1, -0.05) is 12.8 Å². The zero-order valence-electron chi connectivity index (χ0n) is 23.9. The van der Waals surface area contributed by atoms with Crippen LogP contribution < -0.4 is 30.5 Å². The van der Waals surface area contributed by atoms with Crippen LogP contribution in [-0.4, -0.2) is 110 Å². The number of ether oxygens (including phenoxy) is 1. The minimum absolute atomic E-state index is 0.113. The van der Waals surface area contributed by atoms with Crippen LogP contribution in [0.25, 0.3) is 0 Å². The molecule has 2 fully saturated rings. The molecule has 12 nitrogen and oxygen atoms in total. The molecule has 3 aliphatic rings. The number of rotatable bonds is 9. The van der Waals surface area contributed by atoms with Gasteiger partial charge in [0.05, 0.1) is 31.6 Å². The normalized spacial score (nSPS) is 20.2. The lowest BCUT2D eigenvalue weighted by Crippen LogP contribution is -2.48. The first-order valence-electron chi connectivity index (χ1n) is 14.3. The number of carbonyl (C=O) groups is 2. The lowest BCUT2D eigenvalue weighted by Gasteiger charge is -2.31. The molecular formula is C28H38F2N8O4. The number of hydrogen-bond donors (Lipinski definition) is 4. The number of β-amino-alcohol motifs (C(OH)–C–C–N with tert-alkyl or cyclic N) is 1. The maximum absolute atomic E-state index is 14.9. The van der Waals surface area contributed by atoms with Crippen molar-refractivity contribution in [3.63, 3.8) is 0 Å². The van der Waals surface area contributed by atoms with Crippen LogP contribution in [0.5, 0.6) is 5.75 Å². The third kappa shape index (κ3) is 6.55. The Morgan fingerprint density at radius 1 is 1.26 bits per heavy atom. The van der Waals surface area contributed by atoms with Gasteiger partial charge in [-0.3, -0.25) is 14.5 Å². The highest BCUT2D eigenvalue weighted by Gasteiger charge is 2.48. The van der Waals surface area contributed by atoms with Crippen molar-refractivity contribution in [3.8, 4) is 5.75 Å². The fraction of sp³-hybridized carbons (Fsp3) is 0.571. The average Bonchev–Trinajstić information content (AvgIpc) is 3.51. The summed E-state index contributed by atoms with van der Waals surface area (Å²) < 4.78 is 35.2. The Bertz CT molecular complexity index is 1290. The van der Waals surface area contributed by atoms with E-state index in [9.17, 15) is 23.5 Å². The van der Waals surface area contributed by atoms with Crippen molar-refractivity contribution in [2.24, 2.45) is 0 Å². The van der Waals surface area contributed by atoms with E-state index in [1.165, 1.54) is 25.3 Å². The van der Waals surface area contributed by atoms with Gasteiger partial charge in [-0.25, -0.2) is 4.98 Å². The summed E-state index contributed by atoms with van der Waals surface area (Å²) in [4.78, 5) is 38.8. The largest absolute Gasteiger partial charge is 0.495 e. The number of aliphatic hydroxyl groups excluding tert-OH is 1. The van der Waals surface area contributed by atoms with Gasteiger partial charge < -0.3 is 35.6 Å². The van der Waals surface area contributed by atoms with E-state index in [1.807, 2.05) is 0 Å². The summed E-state index contributed by atoms with van der Waals surface area (Å²) in [5.41, 5.74) is 1.01. The van der Waals surface area contributed by atoms with Crippen LogP contribution in [0, 0.1) is 0 Å². The summed E-state index contributed by atoms with van der Waals surface area (Å²) >= 11 is 0. The number of piperazine rings is 1. The van der Waals surface area contributed by atoms with E-state index in [2.05, 4.69) is 30.8 Å². The number of anilines is 4. The van der Waals surface area contributed by atoms with Crippen LogP contribution in [0.2, 0.25) is 0 Å². The second kappa shape index (κ2) is 12.7. The molecule has 1 saturated heterocycles. The number of fused-ring (bicyclic) bond motifs is 1. The van der Waals surface area contributed by atoms with Crippen LogP contribution in [-0.2, 0) is 4.79 Å². The molecule has 14 heteroatoms. The van der Waals surface area contributed by atoms with Crippen molar-refractivity contribution >= 4 is 35.0 Å². The zero-order valence-corrected chi connectivity index (χ0v) is 23.9. The fourth-order valence-electron chi connectivity index (χ4n) is 5.73. The highest BCUT2D eigenvalue weighted by molar-refractivity contribution is 6.02. The van der Waals surface area contributed by atoms with Gasteiger partial charge in [0.2, 0.25) is 5.95 Å². The number of amides is 2. The molecule has 1 unspecified atom stereocenters. The standard InChI is InChI=1S/C28H38F2N8O4/c1-36-22-15-33-27(35-24(22)38(19-5-3-4-6-19)17-28(29,30)26(36)41)34-21-8-7-18(13-23(21)42-2)25(40)32-14-20(39)16-37-11-9-31-10-12-37/h7-8,13,15,19-20,31,39H,3-6,9-12,14,16-17H2,1-2H3,(H,32,40)(H,33,34,35). The SMILES string of the molecule is COc1cc(C(=O)NCC(O)CN2CCNCC2)ccc1Nc1ncc2c(n1)N(C1CCCC1)CC(F)(F)C(=O)N2C. The number of halogens is 2. The van der Waals surface area contributed by atoms with E-state index >= 15 is 0 Å². The smallest absolute Gasteiger partial charge is 0.342 e. The van der Waals surface area contributed by atoms with E-state index < -0.39 is 24.5 Å². The summed E-state index contributed by atoms with van der Waals surface area (Å²) in [6, 6.07) is 4.64. The summed E-state index contributed by atoms with van der Waals surface area (Å²) in [5, 5.41) is 19.5. The minimum atomic E-state index is -3.56. The molecule has 1 aliphatic carbocycles. The Morgan fingerprint density at radius 3 is 2.71 bits per heavy atom. The molecule has 2 aliphatic heterocycles. The minimum Gasteiger partial charge on any atom is -0.495 e. The van der Waals surface area contributed by atoms with E-state index in [0.29, 0.717) is 23.5 Å². The van der Waals surface area contributed by atoms with E-state index in [1.54, 1.807) is 18.2 Å². The molecule has 228 valence electrons. The predicted octanol–water partition coefficient (Wildman–Crippen LogP) is 1.59. The zero-order chi connectivity index (χ0) is 29.9. The molecule has 1 atom stereocenters. The van der Waals surface area contributed by atoms with Gasteiger partial charge in [0, 0.05) is 57.9 Å². The number of carbonyl (C=O) groups excluding carboxylic acids is 2. The Morgan fingerprint density at radius 2 is 2.00 bits per heavy atom. The van der Waals surface area contributed by atoms with Crippen LogP contribution in [0.1, 0.15) is 36.0 Å². The monoisotopic (exact) mass is 588 g/mol. The van der Waals surface area contributed by atoms with Crippen molar-refractivity contribution in [3.05, 3.63) is 30.0 Å². The number of aromatic nitrogens is 2. The first kappa shape index (κ1) is 29.9. The Balaban J connectivity index is 1.31. The van der Waals surface area contributed by atoms with Crippen LogP contribution >= 0.6 is 0 Å². The fourth-order valence-corrected chi connectivity index (χ4v) is 5.73. The maximum Gasteiger partial charge on any atom is 0.342 e. The summed E-state index contributed by atoms with van der Waals surface area (Å²) in [7, 11) is 2.77. The molecule has 0 bridgehead atoms. The lowest BCUT2D eigenvalue weighted by atomic mass is 10.1. The Hall–Kier alpha value is -3.62. The molecule has 0 spiro atoms. The van der Waals surface area contributed by atoms with Crippen molar-refractivity contribution in [1.29, 1.82) is 0 Å². The predicted molar refractivity (Wildman–Crippen MR) is 154 cm³/mol. The number of aliphatic hydroxyl groups is 1. The summed E-state index contributed by atoms with van der Waals surface area (Å²) in [5.74, 6) is -4.47. The molecule has 4 N–H and O–H groups in total. The van der Waals surface area contributed by atoms with Crippen LogP contribution in [0.3, 0.4) is 0 Å². The second-order valence-corrected chi connectivity index (χ2v) is 11.0. The molecule has 2 amide bonds. The van der Waals surface area contributed by atoms with E-state index in [4.69, 9.17) is 4.74 Å². The highest BCUT2D eigenvalue weighted by Crippen LogP contribution is 2.40. The van der Waals surface area contributed by atoms with E-state index in [-0.39, 0.29) is 35.9 Å². The Kier molecular flexibility index (Phi) is 9.04. The topological polar surface area (TPSA) is 135 Å². The second-order valence-electron chi connectivity index (χ2n) is 11.0. The number of nitrogens with zero attached hydrogens (tertiary/aromatic N) is 5. The number of alkyl halides is 2. The molecule has 5 rings (SSSR count). The molecule has 0 radical (unpaired) electrons. The molecular weight excluding hydrogens is 550 g/mol. The molecule has 3 heterocycles. The van der Waals surface area contributed by atoms with E-state index in [0.717, 1.165) is 56.8 Å². The van der Waals surface area contributed by atoms with Gasteiger partial charge in [0.25, 0.3) is 11.8 Å². The lowest BCUT2D eigenvalue weighted by molar-refractivity contribution is -0.140. The molecule has 2 aromatic rings. The van der Waals surface area contributed by atoms with Gasteiger partial charge in [-0.05, 0) is 31.0 Å². The molecule has 42 heavy (non-hydrogen) atoms. The number of hydrogen-bond acceptors (Lipinski definition) is 10. The quantitative estimate of drug-likeness (QED) is 0.342. The van der Waals surface area contributed by atoms with Gasteiger partial charge in [0.1, 0.15) is 11.4 Å². The van der Waals surface area contributed by atoms with Crippen molar-refractivity contribution in [2.45, 2.75) is 43.8 Å². The summed E-state index contributed by atoms with van der Waals surface area (Å²) in [6.07, 6.45) is 4.00. The molecule has 1 aromatic heterocycles. The van der Waals surface area contributed by atoms with Crippen molar-refractivity contribution in [2.75, 3.05) is 75.1 Å². The number of nitrogens with one attached hydrogen (secondary N) is 3. The molecule has 1 aromatic carbocycles. The Labute approximate surface area is 243 Å². The number of methoxy groups -OCH3 is 1. The highest BCUT2D eigenvalue weighted by atomic mass is 19.3. The first-order valence-corrected chi connectivity index (χ1v) is 14.3. The van der Waals surface area contributed by atoms with Crippen molar-refractivity contribution in [1.82, 2.24) is 25.5 Å². The van der Waals surface area contributed by atoms with Gasteiger partial charge in [-0.2, -0.15) is 13.8 Å². The van der Waals surface area contributed by atoms with Gasteiger partial charge >= 0.3 is 5.92 Å². The van der Waals surface area contributed by atoms with Gasteiger partial charge in [-0.15, -0.1) is 0 Å². The summed E-state index contributed by atoms with van der Waals surface area (Å²) in [6.45, 7) is 3.30. The maximum atomic E-state index is 14.9. The number of benzene rings is 1. The van der Waals surface area contributed by atoms with Crippen LogP contribution in [0.4, 0.5) is 31.9 Å². The first-order chi connectivity index (χ1) is 20.2. The molecule has 1 saturated carbocycles. The van der Waals surface area contributed by atoms with Crippen LogP contribution in [0.15, 0.2) is 24.4 Å². The third-order valence-electron chi connectivity index (χ3n) is 8.02. The van der Waals surface area contributed by atoms with Crippen molar-refractivity contribution < 1.29 is 28.2 Å².